The maximum atomic E-state index is 9.66. The third-order valence-corrected chi connectivity index (χ3v) is 2.96. The van der Waals surface area contributed by atoms with Gasteiger partial charge in [0.25, 0.3) is 0 Å². The van der Waals surface area contributed by atoms with Crippen molar-refractivity contribution in [3.8, 4) is 5.75 Å². The van der Waals surface area contributed by atoms with Crippen molar-refractivity contribution >= 4 is 0 Å². The summed E-state index contributed by atoms with van der Waals surface area (Å²) >= 11 is 0. The smallest absolute Gasteiger partial charge is 0.120 e. The molecular formula is C15H21N3O. The summed E-state index contributed by atoms with van der Waals surface area (Å²) in [4.78, 5) is 0. The molecule has 0 aliphatic rings. The van der Waals surface area contributed by atoms with Crippen LogP contribution in [0, 0.1) is 0 Å². The lowest BCUT2D eigenvalue weighted by atomic mass is 10.1. The maximum Gasteiger partial charge on any atom is 0.120 e. The number of nitrogens with one attached hydrogen (secondary N) is 1. The second-order valence-electron chi connectivity index (χ2n) is 5.70. The van der Waals surface area contributed by atoms with Gasteiger partial charge in [-0.25, -0.2) is 0 Å². The Morgan fingerprint density at radius 1 is 1.21 bits per heavy atom. The average molecular weight is 259 g/mol. The summed E-state index contributed by atoms with van der Waals surface area (Å²) < 4.78 is 1.96. The maximum absolute atomic E-state index is 9.66. The Morgan fingerprint density at radius 2 is 1.95 bits per heavy atom. The number of benzene rings is 1. The first-order valence-corrected chi connectivity index (χ1v) is 6.48. The molecule has 0 saturated carbocycles. The fraction of sp³-hybridized carbons (Fsp3) is 0.400. The highest BCUT2D eigenvalue weighted by atomic mass is 16.3. The van der Waals surface area contributed by atoms with Gasteiger partial charge in [0, 0.05) is 30.4 Å². The van der Waals surface area contributed by atoms with E-state index in [2.05, 4.69) is 37.4 Å². The molecule has 0 atom stereocenters. The quantitative estimate of drug-likeness (QED) is 0.887. The second kappa shape index (κ2) is 5.45. The van der Waals surface area contributed by atoms with Crippen LogP contribution >= 0.6 is 0 Å². The van der Waals surface area contributed by atoms with Crippen LogP contribution < -0.4 is 5.32 Å². The molecular weight excluding hydrogens is 238 g/mol. The Bertz CT molecular complexity index is 540. The van der Waals surface area contributed by atoms with Gasteiger partial charge < -0.3 is 10.4 Å². The van der Waals surface area contributed by atoms with Gasteiger partial charge in [-0.2, -0.15) is 5.10 Å². The molecule has 2 N–H and O–H groups in total. The zero-order valence-corrected chi connectivity index (χ0v) is 11.7. The highest BCUT2D eigenvalue weighted by Crippen LogP contribution is 2.16. The summed E-state index contributed by atoms with van der Waals surface area (Å²) in [7, 11) is 0. The predicted octanol–water partition coefficient (Wildman–Crippen LogP) is 2.63. The topological polar surface area (TPSA) is 50.1 Å². The summed E-state index contributed by atoms with van der Waals surface area (Å²) in [5.74, 6) is 0.334. The predicted molar refractivity (Wildman–Crippen MR) is 75.9 cm³/mol. The Hall–Kier alpha value is -1.81. The molecule has 0 unspecified atom stereocenters. The average Bonchev–Trinajstić information content (AvgIpc) is 2.80. The van der Waals surface area contributed by atoms with Crippen LogP contribution in [0.25, 0.3) is 0 Å². The molecule has 0 aliphatic heterocycles. The summed E-state index contributed by atoms with van der Waals surface area (Å²) in [6, 6.07) is 7.37. The molecule has 0 amide bonds. The van der Waals surface area contributed by atoms with E-state index in [9.17, 15) is 5.11 Å². The van der Waals surface area contributed by atoms with Gasteiger partial charge in [0.05, 0.1) is 11.7 Å². The van der Waals surface area contributed by atoms with Crippen LogP contribution in [0.3, 0.4) is 0 Å². The molecule has 1 aromatic heterocycles. The Labute approximate surface area is 114 Å². The monoisotopic (exact) mass is 259 g/mol. The van der Waals surface area contributed by atoms with E-state index >= 15 is 0 Å². The van der Waals surface area contributed by atoms with E-state index in [0.717, 1.165) is 17.7 Å². The Morgan fingerprint density at radius 3 is 2.58 bits per heavy atom. The molecule has 0 radical (unpaired) electrons. The van der Waals surface area contributed by atoms with E-state index in [-0.39, 0.29) is 5.54 Å². The standard InChI is InChI=1S/C15H21N3O/c1-15(2,3)18-11-12(9-17-18)8-16-10-13-6-4-5-7-14(13)19/h4-7,9,11,16,19H,8,10H2,1-3H3. The molecule has 2 aromatic rings. The van der Waals surface area contributed by atoms with Crippen LogP contribution in [0.4, 0.5) is 0 Å². The number of nitrogens with zero attached hydrogens (tertiary/aromatic N) is 2. The van der Waals surface area contributed by atoms with Crippen molar-refractivity contribution in [2.24, 2.45) is 0 Å². The van der Waals surface area contributed by atoms with Crippen LogP contribution in [0.1, 0.15) is 31.9 Å². The third kappa shape index (κ3) is 3.58. The minimum Gasteiger partial charge on any atom is -0.508 e. The minimum atomic E-state index is 0.00987. The van der Waals surface area contributed by atoms with E-state index in [1.807, 2.05) is 29.1 Å². The Balaban J connectivity index is 1.90. The Kier molecular flexibility index (Phi) is 3.90. The fourth-order valence-corrected chi connectivity index (χ4v) is 1.82. The molecule has 2 rings (SSSR count). The summed E-state index contributed by atoms with van der Waals surface area (Å²) in [6.07, 6.45) is 3.93. The van der Waals surface area contributed by atoms with E-state index in [0.29, 0.717) is 12.3 Å². The van der Waals surface area contributed by atoms with Gasteiger partial charge in [-0.3, -0.25) is 4.68 Å². The van der Waals surface area contributed by atoms with Gasteiger partial charge in [0.1, 0.15) is 5.75 Å². The molecule has 19 heavy (non-hydrogen) atoms. The van der Waals surface area contributed by atoms with Crippen molar-refractivity contribution < 1.29 is 5.11 Å². The van der Waals surface area contributed by atoms with Crippen molar-refractivity contribution in [1.29, 1.82) is 0 Å². The van der Waals surface area contributed by atoms with Gasteiger partial charge in [0.2, 0.25) is 0 Å². The number of phenolic OH excluding ortho intramolecular Hbond substituents is 1. The summed E-state index contributed by atoms with van der Waals surface area (Å²) in [5, 5.41) is 17.3. The zero-order chi connectivity index (χ0) is 13.9. The largest absolute Gasteiger partial charge is 0.508 e. The van der Waals surface area contributed by atoms with Crippen molar-refractivity contribution in [3.63, 3.8) is 0 Å². The zero-order valence-electron chi connectivity index (χ0n) is 11.7. The van der Waals surface area contributed by atoms with E-state index in [1.54, 1.807) is 6.07 Å². The van der Waals surface area contributed by atoms with Crippen LogP contribution in [-0.2, 0) is 18.6 Å². The van der Waals surface area contributed by atoms with Gasteiger partial charge in [0.15, 0.2) is 0 Å². The molecule has 102 valence electrons. The lowest BCUT2D eigenvalue weighted by Crippen LogP contribution is -2.22. The first kappa shape index (κ1) is 13.6. The lowest BCUT2D eigenvalue weighted by molar-refractivity contribution is 0.355. The summed E-state index contributed by atoms with van der Waals surface area (Å²) in [5.41, 5.74) is 2.06. The highest BCUT2D eigenvalue weighted by Gasteiger charge is 2.13. The van der Waals surface area contributed by atoms with Crippen LogP contribution in [0.15, 0.2) is 36.7 Å². The molecule has 0 bridgehead atoms. The molecule has 0 spiro atoms. The molecule has 0 fully saturated rings. The molecule has 4 heteroatoms. The highest BCUT2D eigenvalue weighted by molar-refractivity contribution is 5.31. The third-order valence-electron chi connectivity index (χ3n) is 2.96. The minimum absolute atomic E-state index is 0.00987. The number of phenols is 1. The molecule has 4 nitrogen and oxygen atoms in total. The van der Waals surface area contributed by atoms with E-state index in [1.165, 1.54) is 0 Å². The van der Waals surface area contributed by atoms with Crippen molar-refractivity contribution in [2.45, 2.75) is 39.4 Å². The number of hydrogen-bond acceptors (Lipinski definition) is 3. The molecule has 1 heterocycles. The van der Waals surface area contributed by atoms with E-state index in [4.69, 9.17) is 0 Å². The number of para-hydroxylation sites is 1. The van der Waals surface area contributed by atoms with Crippen molar-refractivity contribution in [2.75, 3.05) is 0 Å². The van der Waals surface area contributed by atoms with Gasteiger partial charge in [-0.05, 0) is 26.8 Å². The van der Waals surface area contributed by atoms with Gasteiger partial charge in [-0.15, -0.1) is 0 Å². The number of rotatable bonds is 4. The molecule has 0 saturated heterocycles. The summed E-state index contributed by atoms with van der Waals surface area (Å²) in [6.45, 7) is 7.76. The number of aromatic nitrogens is 2. The van der Waals surface area contributed by atoms with Crippen molar-refractivity contribution in [1.82, 2.24) is 15.1 Å². The first-order chi connectivity index (χ1) is 8.97. The molecule has 0 aliphatic carbocycles. The van der Waals surface area contributed by atoms with Gasteiger partial charge in [-0.1, -0.05) is 18.2 Å². The SMILES string of the molecule is CC(C)(C)n1cc(CNCc2ccccc2O)cn1. The van der Waals surface area contributed by atoms with Gasteiger partial charge >= 0.3 is 0 Å². The normalized spacial score (nSPS) is 11.7. The van der Waals surface area contributed by atoms with Crippen LogP contribution in [-0.4, -0.2) is 14.9 Å². The van der Waals surface area contributed by atoms with E-state index < -0.39 is 0 Å². The first-order valence-electron chi connectivity index (χ1n) is 6.48. The lowest BCUT2D eigenvalue weighted by Gasteiger charge is -2.18. The number of aromatic hydroxyl groups is 1. The second-order valence-corrected chi connectivity index (χ2v) is 5.70. The van der Waals surface area contributed by atoms with Crippen LogP contribution in [0.5, 0.6) is 5.75 Å². The van der Waals surface area contributed by atoms with Crippen LogP contribution in [0.2, 0.25) is 0 Å². The fourth-order valence-electron chi connectivity index (χ4n) is 1.82. The number of hydrogen-bond donors (Lipinski definition) is 2. The van der Waals surface area contributed by atoms with Crippen molar-refractivity contribution in [3.05, 3.63) is 47.8 Å². The molecule has 1 aromatic carbocycles.